The van der Waals surface area contributed by atoms with Gasteiger partial charge in [0.15, 0.2) is 0 Å². The number of halogens is 3. The normalized spacial score (nSPS) is 20.4. The highest BCUT2D eigenvalue weighted by Gasteiger charge is 2.46. The average molecular weight is 466 g/mol. The Kier molecular flexibility index (Phi) is 5.49. The van der Waals surface area contributed by atoms with Crippen LogP contribution in [-0.2, 0) is 35.2 Å². The number of carbonyl (C=O) groups is 1. The van der Waals surface area contributed by atoms with Gasteiger partial charge in [0.25, 0.3) is 5.91 Å². The molecule has 9 nitrogen and oxygen atoms in total. The minimum absolute atomic E-state index is 0.0890. The summed E-state index contributed by atoms with van der Waals surface area (Å²) >= 11 is 0. The van der Waals surface area contributed by atoms with Gasteiger partial charge in [-0.3, -0.25) is 9.48 Å². The van der Waals surface area contributed by atoms with Crippen molar-refractivity contribution in [3.8, 4) is 11.3 Å². The van der Waals surface area contributed by atoms with Gasteiger partial charge in [-0.05, 0) is 5.92 Å². The number of nitrogens with one attached hydrogen (secondary N) is 1. The van der Waals surface area contributed by atoms with E-state index < -0.39 is 23.4 Å². The SMILES string of the molecule is C[C@@H]1Cc2oc(C(=O)NCc3ncco3)c(C(F)(F)F)c2-c2nn(C[C@H]3COCCO3)cc21. The molecule has 1 N–H and O–H groups in total. The molecule has 0 aromatic carbocycles. The van der Waals surface area contributed by atoms with Gasteiger partial charge in [0.05, 0.1) is 50.4 Å². The van der Waals surface area contributed by atoms with Gasteiger partial charge in [0, 0.05) is 18.2 Å². The molecule has 5 rings (SSSR count). The number of ether oxygens (including phenoxy) is 2. The number of fused-ring (bicyclic) bond motifs is 3. The highest BCUT2D eigenvalue weighted by Crippen LogP contribution is 2.48. The van der Waals surface area contributed by atoms with E-state index in [1.54, 1.807) is 10.9 Å². The van der Waals surface area contributed by atoms with E-state index in [0.29, 0.717) is 31.9 Å². The van der Waals surface area contributed by atoms with Crippen LogP contribution < -0.4 is 5.32 Å². The molecule has 1 amide bonds. The van der Waals surface area contributed by atoms with E-state index in [4.69, 9.17) is 18.3 Å². The summed E-state index contributed by atoms with van der Waals surface area (Å²) in [7, 11) is 0. The zero-order chi connectivity index (χ0) is 23.2. The maximum atomic E-state index is 14.2. The molecule has 0 bridgehead atoms. The highest BCUT2D eigenvalue weighted by atomic mass is 19.4. The first kappa shape index (κ1) is 21.7. The van der Waals surface area contributed by atoms with Crippen molar-refractivity contribution in [1.29, 1.82) is 0 Å². The predicted molar refractivity (Wildman–Crippen MR) is 105 cm³/mol. The fourth-order valence-corrected chi connectivity index (χ4v) is 4.20. The maximum absolute atomic E-state index is 14.2. The Balaban J connectivity index is 1.50. The average Bonchev–Trinajstić information content (AvgIpc) is 3.50. The highest BCUT2D eigenvalue weighted by molar-refractivity contribution is 5.96. The molecule has 0 unspecified atom stereocenters. The molecule has 33 heavy (non-hydrogen) atoms. The van der Waals surface area contributed by atoms with Gasteiger partial charge in [0.2, 0.25) is 11.7 Å². The van der Waals surface area contributed by atoms with Crippen molar-refractivity contribution in [2.75, 3.05) is 19.8 Å². The Morgan fingerprint density at radius 1 is 1.33 bits per heavy atom. The van der Waals surface area contributed by atoms with E-state index >= 15 is 0 Å². The van der Waals surface area contributed by atoms with Gasteiger partial charge >= 0.3 is 6.18 Å². The summed E-state index contributed by atoms with van der Waals surface area (Å²) in [6.07, 6.45) is -0.438. The molecule has 3 aromatic heterocycles. The number of oxazole rings is 1. The van der Waals surface area contributed by atoms with E-state index in [1.807, 2.05) is 6.92 Å². The van der Waals surface area contributed by atoms with Gasteiger partial charge < -0.3 is 23.6 Å². The van der Waals surface area contributed by atoms with E-state index in [0.717, 1.165) is 0 Å². The third-order valence-electron chi connectivity index (χ3n) is 5.68. The van der Waals surface area contributed by atoms with Gasteiger partial charge in [-0.2, -0.15) is 18.3 Å². The largest absolute Gasteiger partial charge is 0.455 e. The van der Waals surface area contributed by atoms with Crippen LogP contribution in [0.2, 0.25) is 0 Å². The number of rotatable bonds is 5. The molecule has 12 heteroatoms. The number of hydrogen-bond donors (Lipinski definition) is 1. The van der Waals surface area contributed by atoms with Crippen molar-refractivity contribution in [3.05, 3.63) is 47.2 Å². The molecule has 1 saturated heterocycles. The first-order valence-electron chi connectivity index (χ1n) is 10.5. The van der Waals surface area contributed by atoms with Crippen LogP contribution in [0, 0.1) is 0 Å². The van der Waals surface area contributed by atoms with Crippen molar-refractivity contribution in [2.45, 2.75) is 44.6 Å². The molecular weight excluding hydrogens is 445 g/mol. The van der Waals surface area contributed by atoms with Crippen molar-refractivity contribution < 1.29 is 36.3 Å². The topological polar surface area (TPSA) is 105 Å². The first-order valence-corrected chi connectivity index (χ1v) is 10.5. The summed E-state index contributed by atoms with van der Waals surface area (Å²) < 4.78 is 65.6. The lowest BCUT2D eigenvalue weighted by Gasteiger charge is -2.22. The Hall–Kier alpha value is -3.12. The van der Waals surface area contributed by atoms with Gasteiger partial charge in [-0.15, -0.1) is 0 Å². The number of hydrogen-bond acceptors (Lipinski definition) is 7. The van der Waals surface area contributed by atoms with Crippen molar-refractivity contribution in [2.24, 2.45) is 0 Å². The van der Waals surface area contributed by atoms with Crippen LogP contribution in [0.15, 0.2) is 27.5 Å². The zero-order valence-electron chi connectivity index (χ0n) is 17.6. The maximum Gasteiger partial charge on any atom is 0.420 e. The summed E-state index contributed by atoms with van der Waals surface area (Å²) in [6, 6.07) is 0. The number of furan rings is 1. The summed E-state index contributed by atoms with van der Waals surface area (Å²) in [5, 5.41) is 6.81. The molecule has 1 aliphatic heterocycles. The number of aromatic nitrogens is 3. The molecular formula is C21H21F3N4O5. The zero-order valence-corrected chi connectivity index (χ0v) is 17.6. The third kappa shape index (κ3) is 4.15. The molecule has 2 aliphatic rings. The van der Waals surface area contributed by atoms with Crippen molar-refractivity contribution in [3.63, 3.8) is 0 Å². The molecule has 0 radical (unpaired) electrons. The van der Waals surface area contributed by atoms with E-state index in [2.05, 4.69) is 15.4 Å². The lowest BCUT2D eigenvalue weighted by Crippen LogP contribution is -2.32. The van der Waals surface area contributed by atoms with Gasteiger partial charge in [0.1, 0.15) is 23.7 Å². The second kappa shape index (κ2) is 8.34. The summed E-state index contributed by atoms with van der Waals surface area (Å²) in [6.45, 7) is 3.41. The van der Waals surface area contributed by atoms with Crippen LogP contribution in [0.5, 0.6) is 0 Å². The van der Waals surface area contributed by atoms with E-state index in [9.17, 15) is 18.0 Å². The van der Waals surface area contributed by atoms with Gasteiger partial charge in [-0.25, -0.2) is 4.98 Å². The summed E-state index contributed by atoms with van der Waals surface area (Å²) in [5.41, 5.74) is -0.477. The van der Waals surface area contributed by atoms with E-state index in [1.165, 1.54) is 12.5 Å². The van der Waals surface area contributed by atoms with Crippen LogP contribution in [0.3, 0.4) is 0 Å². The first-order chi connectivity index (χ1) is 15.8. The van der Waals surface area contributed by atoms with Crippen LogP contribution in [0.25, 0.3) is 11.3 Å². The predicted octanol–water partition coefficient (Wildman–Crippen LogP) is 3.15. The van der Waals surface area contributed by atoms with Crippen LogP contribution in [0.1, 0.15) is 46.2 Å². The molecule has 1 fully saturated rings. The Morgan fingerprint density at radius 3 is 2.88 bits per heavy atom. The molecule has 4 heterocycles. The van der Waals surface area contributed by atoms with Crippen molar-refractivity contribution in [1.82, 2.24) is 20.1 Å². The quantitative estimate of drug-likeness (QED) is 0.616. The molecule has 0 spiro atoms. The second-order valence-electron chi connectivity index (χ2n) is 8.04. The third-order valence-corrected chi connectivity index (χ3v) is 5.68. The second-order valence-corrected chi connectivity index (χ2v) is 8.04. The lowest BCUT2D eigenvalue weighted by molar-refractivity contribution is -0.137. The number of alkyl halides is 3. The molecule has 176 valence electrons. The summed E-state index contributed by atoms with van der Waals surface area (Å²) in [5.74, 6) is -1.68. The van der Waals surface area contributed by atoms with Crippen LogP contribution in [-0.4, -0.2) is 46.6 Å². The minimum atomic E-state index is -4.82. The smallest absolute Gasteiger partial charge is 0.420 e. The monoisotopic (exact) mass is 466 g/mol. The number of nitrogens with zero attached hydrogens (tertiary/aromatic N) is 3. The Morgan fingerprint density at radius 2 is 2.18 bits per heavy atom. The van der Waals surface area contributed by atoms with Crippen molar-refractivity contribution >= 4 is 5.91 Å². The Labute approximate surface area is 185 Å². The fourth-order valence-electron chi connectivity index (χ4n) is 4.20. The van der Waals surface area contributed by atoms with Crippen LogP contribution >= 0.6 is 0 Å². The standard InChI is InChI=1S/C21H21F3N4O5/c1-11-6-14-16(18-13(11)9-28(27-18)8-12-10-30-4-5-31-12)17(21(22,23)24)19(33-14)20(29)26-7-15-25-2-3-32-15/h2-3,9,11-12H,4-8,10H2,1H3,(H,26,29)/t11-,12+/m1/s1. The van der Waals surface area contributed by atoms with Gasteiger partial charge in [-0.1, -0.05) is 6.92 Å². The number of carbonyl (C=O) groups excluding carboxylic acids is 1. The molecule has 3 aromatic rings. The summed E-state index contributed by atoms with van der Waals surface area (Å²) in [4.78, 5) is 16.5. The van der Waals surface area contributed by atoms with E-state index in [-0.39, 0.29) is 47.9 Å². The lowest BCUT2D eigenvalue weighted by atomic mass is 9.86. The minimum Gasteiger partial charge on any atom is -0.455 e. The molecule has 1 aliphatic carbocycles. The molecule has 0 saturated carbocycles. The molecule has 2 atom stereocenters. The van der Waals surface area contributed by atoms with Crippen LogP contribution in [0.4, 0.5) is 13.2 Å². The number of amides is 1. The Bertz CT molecular complexity index is 1150. The fraction of sp³-hybridized carbons (Fsp3) is 0.476.